The summed E-state index contributed by atoms with van der Waals surface area (Å²) in [5.74, 6) is 0.579. The highest BCUT2D eigenvalue weighted by Gasteiger charge is 2.28. The van der Waals surface area contributed by atoms with Gasteiger partial charge in [-0.3, -0.25) is 0 Å². The number of urea groups is 1. The van der Waals surface area contributed by atoms with Crippen LogP contribution in [0.25, 0.3) is 0 Å². The molecule has 0 spiro atoms. The molecule has 1 atom stereocenters. The predicted molar refractivity (Wildman–Crippen MR) is 102 cm³/mol. The molecule has 134 valence electrons. The zero-order valence-electron chi connectivity index (χ0n) is 16.1. The number of carbonyl (C=O) groups is 1. The number of anilines is 1. The van der Waals surface area contributed by atoms with Gasteiger partial charge < -0.3 is 15.1 Å². The van der Waals surface area contributed by atoms with Crippen molar-refractivity contribution in [2.45, 2.75) is 52.0 Å². The molecule has 4 nitrogen and oxygen atoms in total. The topological polar surface area (TPSA) is 35.6 Å². The van der Waals surface area contributed by atoms with E-state index in [1.807, 2.05) is 30.1 Å². The Bertz CT molecular complexity index is 556. The van der Waals surface area contributed by atoms with Crippen LogP contribution in [0.1, 0.15) is 46.1 Å². The molecule has 1 aromatic carbocycles. The summed E-state index contributed by atoms with van der Waals surface area (Å²) in [7, 11) is 4.08. The van der Waals surface area contributed by atoms with Gasteiger partial charge in [-0.1, -0.05) is 39.0 Å². The Morgan fingerprint density at radius 2 is 1.83 bits per heavy atom. The number of amides is 2. The van der Waals surface area contributed by atoms with Gasteiger partial charge in [-0.05, 0) is 62.9 Å². The molecule has 1 N–H and O–H groups in total. The molecule has 1 heterocycles. The molecule has 1 fully saturated rings. The van der Waals surface area contributed by atoms with Gasteiger partial charge in [-0.25, -0.2) is 4.79 Å². The fourth-order valence-corrected chi connectivity index (χ4v) is 3.46. The lowest BCUT2D eigenvalue weighted by Gasteiger charge is -2.37. The van der Waals surface area contributed by atoms with Gasteiger partial charge in [0.25, 0.3) is 0 Å². The molecule has 1 aromatic rings. The Labute approximate surface area is 147 Å². The number of piperidine rings is 1. The van der Waals surface area contributed by atoms with Gasteiger partial charge in [0.05, 0.1) is 0 Å². The number of rotatable bonds is 3. The maximum atomic E-state index is 12.7. The van der Waals surface area contributed by atoms with Crippen molar-refractivity contribution in [3.05, 3.63) is 29.8 Å². The SMILES string of the molecule is C[C@H](C1CCN(C)CC1)N(C)C(=O)Nc1ccccc1C(C)(C)C. The number of nitrogens with one attached hydrogen (secondary N) is 1. The van der Waals surface area contributed by atoms with Crippen LogP contribution in [0.5, 0.6) is 0 Å². The monoisotopic (exact) mass is 331 g/mol. The molecule has 0 unspecified atom stereocenters. The van der Waals surface area contributed by atoms with Crippen LogP contribution in [0.3, 0.4) is 0 Å². The average molecular weight is 332 g/mol. The fourth-order valence-electron chi connectivity index (χ4n) is 3.46. The summed E-state index contributed by atoms with van der Waals surface area (Å²) in [4.78, 5) is 17.0. The Kier molecular flexibility index (Phi) is 5.92. The molecule has 24 heavy (non-hydrogen) atoms. The molecule has 4 heteroatoms. The van der Waals surface area contributed by atoms with E-state index in [-0.39, 0.29) is 17.5 Å². The van der Waals surface area contributed by atoms with E-state index < -0.39 is 0 Å². The van der Waals surface area contributed by atoms with Gasteiger partial charge in [0.15, 0.2) is 0 Å². The van der Waals surface area contributed by atoms with Crippen LogP contribution < -0.4 is 5.32 Å². The van der Waals surface area contributed by atoms with E-state index in [9.17, 15) is 4.79 Å². The second-order valence-electron chi connectivity index (χ2n) is 8.22. The van der Waals surface area contributed by atoms with E-state index in [2.05, 4.69) is 51.0 Å². The normalized spacial score (nSPS) is 18.2. The molecule has 1 aliphatic rings. The minimum absolute atomic E-state index is 0.00200. The molecule has 2 amide bonds. The zero-order valence-corrected chi connectivity index (χ0v) is 16.1. The first-order valence-corrected chi connectivity index (χ1v) is 9.02. The van der Waals surface area contributed by atoms with Crippen molar-refractivity contribution in [3.63, 3.8) is 0 Å². The lowest BCUT2D eigenvalue weighted by Crippen LogP contribution is -2.45. The average Bonchev–Trinajstić information content (AvgIpc) is 2.53. The summed E-state index contributed by atoms with van der Waals surface area (Å²) in [6, 6.07) is 8.33. The Morgan fingerprint density at radius 3 is 2.42 bits per heavy atom. The quantitative estimate of drug-likeness (QED) is 0.902. The second-order valence-corrected chi connectivity index (χ2v) is 8.22. The lowest BCUT2D eigenvalue weighted by atomic mass is 9.86. The number of carbonyl (C=O) groups excluding carboxylic acids is 1. The van der Waals surface area contributed by atoms with Crippen molar-refractivity contribution in [1.82, 2.24) is 9.80 Å². The molecule has 0 aromatic heterocycles. The van der Waals surface area contributed by atoms with Crippen LogP contribution in [0, 0.1) is 5.92 Å². The molecule has 2 rings (SSSR count). The molecular formula is C20H33N3O. The van der Waals surface area contributed by atoms with Crippen LogP contribution >= 0.6 is 0 Å². The van der Waals surface area contributed by atoms with Crippen molar-refractivity contribution in [3.8, 4) is 0 Å². The third kappa shape index (κ3) is 4.50. The van der Waals surface area contributed by atoms with E-state index in [0.29, 0.717) is 5.92 Å². The summed E-state index contributed by atoms with van der Waals surface area (Å²) >= 11 is 0. The first-order chi connectivity index (χ1) is 11.2. The summed E-state index contributed by atoms with van der Waals surface area (Å²) in [6.07, 6.45) is 2.32. The molecule has 0 bridgehead atoms. The van der Waals surface area contributed by atoms with Gasteiger partial charge in [-0.15, -0.1) is 0 Å². The number of hydrogen-bond donors (Lipinski definition) is 1. The molecule has 1 saturated heterocycles. The van der Waals surface area contributed by atoms with Crippen LogP contribution in [0.15, 0.2) is 24.3 Å². The fraction of sp³-hybridized carbons (Fsp3) is 0.650. The standard InChI is InChI=1S/C20H33N3O/c1-15(16-11-13-22(5)14-12-16)23(6)19(24)21-18-10-8-7-9-17(18)20(2,3)4/h7-10,15-16H,11-14H2,1-6H3,(H,21,24)/t15-/m1/s1. The maximum Gasteiger partial charge on any atom is 0.321 e. The third-order valence-corrected chi connectivity index (χ3v) is 5.35. The third-order valence-electron chi connectivity index (χ3n) is 5.35. The Hall–Kier alpha value is -1.55. The van der Waals surface area contributed by atoms with Gasteiger partial charge >= 0.3 is 6.03 Å². The van der Waals surface area contributed by atoms with E-state index in [1.54, 1.807) is 0 Å². The Morgan fingerprint density at radius 1 is 1.25 bits per heavy atom. The lowest BCUT2D eigenvalue weighted by molar-refractivity contribution is 0.138. The summed E-state index contributed by atoms with van der Waals surface area (Å²) in [5, 5.41) is 3.12. The molecule has 0 radical (unpaired) electrons. The van der Waals surface area contributed by atoms with Gasteiger partial charge in [0.1, 0.15) is 0 Å². The predicted octanol–water partition coefficient (Wildman–Crippen LogP) is 4.18. The number of likely N-dealkylation sites (tertiary alicyclic amines) is 1. The van der Waals surface area contributed by atoms with Crippen molar-refractivity contribution in [2.75, 3.05) is 32.5 Å². The Balaban J connectivity index is 2.04. The van der Waals surface area contributed by atoms with Crippen molar-refractivity contribution >= 4 is 11.7 Å². The van der Waals surface area contributed by atoms with Crippen molar-refractivity contribution in [2.24, 2.45) is 5.92 Å². The summed E-state index contributed by atoms with van der Waals surface area (Å²) in [6.45, 7) is 10.9. The maximum absolute atomic E-state index is 12.7. The van der Waals surface area contributed by atoms with Crippen molar-refractivity contribution in [1.29, 1.82) is 0 Å². The van der Waals surface area contributed by atoms with Crippen LogP contribution in [-0.2, 0) is 5.41 Å². The molecule has 0 saturated carbocycles. The first kappa shape index (κ1) is 18.8. The van der Waals surface area contributed by atoms with Crippen molar-refractivity contribution < 1.29 is 4.79 Å². The minimum atomic E-state index is -0.0156. The van der Waals surface area contributed by atoms with E-state index in [4.69, 9.17) is 0 Å². The largest absolute Gasteiger partial charge is 0.325 e. The highest BCUT2D eigenvalue weighted by molar-refractivity contribution is 5.90. The second kappa shape index (κ2) is 7.56. The number of hydrogen-bond acceptors (Lipinski definition) is 2. The highest BCUT2D eigenvalue weighted by Crippen LogP contribution is 2.30. The highest BCUT2D eigenvalue weighted by atomic mass is 16.2. The van der Waals surface area contributed by atoms with E-state index in [0.717, 1.165) is 31.6 Å². The van der Waals surface area contributed by atoms with E-state index >= 15 is 0 Å². The number of benzene rings is 1. The van der Waals surface area contributed by atoms with Crippen LogP contribution in [0.4, 0.5) is 10.5 Å². The van der Waals surface area contributed by atoms with E-state index in [1.165, 1.54) is 5.56 Å². The molecule has 0 aliphatic carbocycles. The van der Waals surface area contributed by atoms with Crippen LogP contribution in [-0.4, -0.2) is 49.1 Å². The number of nitrogens with zero attached hydrogens (tertiary/aromatic N) is 2. The minimum Gasteiger partial charge on any atom is -0.325 e. The summed E-state index contributed by atoms with van der Waals surface area (Å²) in [5.41, 5.74) is 2.08. The smallest absolute Gasteiger partial charge is 0.321 e. The molecule has 1 aliphatic heterocycles. The van der Waals surface area contributed by atoms with Gasteiger partial charge in [0.2, 0.25) is 0 Å². The first-order valence-electron chi connectivity index (χ1n) is 9.02. The summed E-state index contributed by atoms with van der Waals surface area (Å²) < 4.78 is 0. The molecular weight excluding hydrogens is 298 g/mol. The van der Waals surface area contributed by atoms with Gasteiger partial charge in [0, 0.05) is 18.8 Å². The van der Waals surface area contributed by atoms with Gasteiger partial charge in [-0.2, -0.15) is 0 Å². The van der Waals surface area contributed by atoms with Crippen LogP contribution in [0.2, 0.25) is 0 Å². The zero-order chi connectivity index (χ0) is 17.9. The number of para-hydroxylation sites is 1.